The molecule has 0 aromatic heterocycles. The number of likely N-dealkylation sites (N-methyl/N-ethyl adjacent to an activating group) is 3. The molecule has 1 N–H and O–H groups in total. The Hall–Kier alpha value is -1.26. The molecule has 0 aromatic carbocycles. The fourth-order valence-corrected chi connectivity index (χ4v) is 2.20. The SMILES string of the molecule is C=C1C(C=CCN(C)CC)[N+](C)=CC(=N)[N+]1(C)CC. The van der Waals surface area contributed by atoms with Gasteiger partial charge in [0.15, 0.2) is 5.70 Å². The first-order valence-corrected chi connectivity index (χ1v) is 6.92. The second kappa shape index (κ2) is 6.26. The maximum absolute atomic E-state index is 8.15. The summed E-state index contributed by atoms with van der Waals surface area (Å²) in [7, 11) is 6.18. The smallest absolute Gasteiger partial charge is 0.289 e. The summed E-state index contributed by atoms with van der Waals surface area (Å²) in [6.07, 6.45) is 6.30. The quantitative estimate of drug-likeness (QED) is 0.456. The lowest BCUT2D eigenvalue weighted by molar-refractivity contribution is -0.797. The average Bonchev–Trinajstić information content (AvgIpc) is 2.39. The zero-order valence-corrected chi connectivity index (χ0v) is 13.0. The number of hydrogen-bond acceptors (Lipinski definition) is 2. The summed E-state index contributed by atoms with van der Waals surface area (Å²) in [6.45, 7) is 11.4. The first-order valence-electron chi connectivity index (χ1n) is 6.92. The van der Waals surface area contributed by atoms with E-state index in [2.05, 4.69) is 56.1 Å². The van der Waals surface area contributed by atoms with E-state index in [1.807, 2.05) is 13.3 Å². The van der Waals surface area contributed by atoms with Gasteiger partial charge in [-0.3, -0.25) is 0 Å². The molecule has 0 radical (unpaired) electrons. The molecule has 2 atom stereocenters. The molecular formula is C15H28N4+2. The largest absolute Gasteiger partial charge is 0.303 e. The standard InChI is InChI=1S/C15H28N4/c1-7-17(4)11-9-10-14-13(3)19(6,8-2)15(16)12-18(14)5/h9-10,12,14,16H,3,7-8,11H2,1-2,4-6H3/q+2. The van der Waals surface area contributed by atoms with Gasteiger partial charge >= 0.3 is 0 Å². The minimum atomic E-state index is 0.171. The first kappa shape index (κ1) is 15.8. The minimum Gasteiger partial charge on any atom is -0.303 e. The van der Waals surface area contributed by atoms with E-state index in [1.165, 1.54) is 0 Å². The van der Waals surface area contributed by atoms with Gasteiger partial charge in [0.2, 0.25) is 12.3 Å². The molecule has 0 fully saturated rings. The Morgan fingerprint density at radius 1 is 1.53 bits per heavy atom. The fraction of sp³-hybridized carbons (Fsp3) is 0.600. The summed E-state index contributed by atoms with van der Waals surface area (Å²) in [5.41, 5.74) is 1.06. The van der Waals surface area contributed by atoms with E-state index in [4.69, 9.17) is 5.41 Å². The van der Waals surface area contributed by atoms with E-state index in [0.717, 1.165) is 25.3 Å². The Bertz CT molecular complexity index is 422. The topological polar surface area (TPSA) is 30.1 Å². The molecule has 1 aliphatic rings. The van der Waals surface area contributed by atoms with Crippen molar-refractivity contribution in [2.45, 2.75) is 19.9 Å². The molecular weight excluding hydrogens is 236 g/mol. The van der Waals surface area contributed by atoms with Crippen LogP contribution in [0.5, 0.6) is 0 Å². The average molecular weight is 264 g/mol. The highest BCUT2D eigenvalue weighted by atomic mass is 15.4. The molecule has 19 heavy (non-hydrogen) atoms. The Morgan fingerprint density at radius 3 is 2.68 bits per heavy atom. The van der Waals surface area contributed by atoms with E-state index in [1.54, 1.807) is 0 Å². The number of quaternary nitrogens is 1. The van der Waals surface area contributed by atoms with Gasteiger partial charge in [-0.15, -0.1) is 0 Å². The lowest BCUT2D eigenvalue weighted by Gasteiger charge is -2.35. The molecule has 1 heterocycles. The molecule has 4 nitrogen and oxygen atoms in total. The third-order valence-corrected chi connectivity index (χ3v) is 4.18. The molecule has 0 aliphatic carbocycles. The van der Waals surface area contributed by atoms with E-state index in [0.29, 0.717) is 10.3 Å². The molecule has 0 amide bonds. The molecule has 1 aliphatic heterocycles. The zero-order valence-electron chi connectivity index (χ0n) is 13.0. The second-order valence-electron chi connectivity index (χ2n) is 5.41. The van der Waals surface area contributed by atoms with Gasteiger partial charge < -0.3 is 4.90 Å². The van der Waals surface area contributed by atoms with Crippen LogP contribution in [0, 0.1) is 5.41 Å². The van der Waals surface area contributed by atoms with E-state index >= 15 is 0 Å². The monoisotopic (exact) mass is 264 g/mol. The summed E-state index contributed by atoms with van der Waals surface area (Å²) < 4.78 is 2.59. The van der Waals surface area contributed by atoms with Gasteiger partial charge in [0.25, 0.3) is 5.84 Å². The van der Waals surface area contributed by atoms with E-state index in [-0.39, 0.29) is 6.04 Å². The molecule has 0 saturated heterocycles. The van der Waals surface area contributed by atoms with Crippen LogP contribution in [0.15, 0.2) is 24.4 Å². The van der Waals surface area contributed by atoms with Gasteiger partial charge in [-0.05, 0) is 33.2 Å². The number of amidine groups is 1. The predicted octanol–water partition coefficient (Wildman–Crippen LogP) is 1.55. The van der Waals surface area contributed by atoms with Crippen molar-refractivity contribution in [1.29, 1.82) is 5.41 Å². The Labute approximate surface area is 117 Å². The number of rotatable bonds is 5. The third-order valence-electron chi connectivity index (χ3n) is 4.18. The van der Waals surface area contributed by atoms with Gasteiger partial charge in [-0.1, -0.05) is 13.0 Å². The molecule has 106 valence electrons. The van der Waals surface area contributed by atoms with E-state index in [9.17, 15) is 0 Å². The molecule has 0 saturated carbocycles. The highest BCUT2D eigenvalue weighted by Crippen LogP contribution is 2.22. The Morgan fingerprint density at radius 2 is 2.16 bits per heavy atom. The van der Waals surface area contributed by atoms with Crippen molar-refractivity contribution in [3.05, 3.63) is 24.4 Å². The van der Waals surface area contributed by atoms with Crippen LogP contribution in [0.2, 0.25) is 0 Å². The first-order chi connectivity index (χ1) is 8.86. The molecule has 0 bridgehead atoms. The number of hydrogen-bond donors (Lipinski definition) is 1. The van der Waals surface area contributed by atoms with Crippen molar-refractivity contribution in [3.8, 4) is 0 Å². The van der Waals surface area contributed by atoms with Crippen LogP contribution < -0.4 is 0 Å². The van der Waals surface area contributed by atoms with Crippen molar-refractivity contribution < 1.29 is 9.06 Å². The highest BCUT2D eigenvalue weighted by molar-refractivity contribution is 6.22. The lowest BCUT2D eigenvalue weighted by atomic mass is 10.1. The van der Waals surface area contributed by atoms with Gasteiger partial charge in [-0.2, -0.15) is 0 Å². The maximum atomic E-state index is 8.15. The zero-order chi connectivity index (χ0) is 14.6. The lowest BCUT2D eigenvalue weighted by Crippen LogP contribution is -2.57. The van der Waals surface area contributed by atoms with Gasteiger partial charge in [-0.25, -0.2) is 14.5 Å². The number of nitrogens with zero attached hydrogens (tertiary/aromatic N) is 3. The fourth-order valence-electron chi connectivity index (χ4n) is 2.20. The van der Waals surface area contributed by atoms with Crippen LogP contribution in [0.25, 0.3) is 0 Å². The minimum absolute atomic E-state index is 0.171. The van der Waals surface area contributed by atoms with Crippen LogP contribution in [0.4, 0.5) is 0 Å². The summed E-state index contributed by atoms with van der Waals surface area (Å²) in [6, 6.07) is 0.171. The van der Waals surface area contributed by atoms with Crippen LogP contribution in [-0.4, -0.2) is 72.8 Å². The molecule has 2 unspecified atom stereocenters. The highest BCUT2D eigenvalue weighted by Gasteiger charge is 2.43. The van der Waals surface area contributed by atoms with Gasteiger partial charge in [0, 0.05) is 6.54 Å². The predicted molar refractivity (Wildman–Crippen MR) is 81.9 cm³/mol. The van der Waals surface area contributed by atoms with Crippen molar-refractivity contribution >= 4 is 12.1 Å². The van der Waals surface area contributed by atoms with Crippen LogP contribution in [0.1, 0.15) is 13.8 Å². The maximum Gasteiger partial charge on any atom is 0.289 e. The van der Waals surface area contributed by atoms with Gasteiger partial charge in [0.05, 0.1) is 13.6 Å². The van der Waals surface area contributed by atoms with Crippen molar-refractivity contribution in [2.75, 3.05) is 40.8 Å². The van der Waals surface area contributed by atoms with Gasteiger partial charge in [0.1, 0.15) is 7.05 Å². The molecule has 0 spiro atoms. The summed E-state index contributed by atoms with van der Waals surface area (Å²) >= 11 is 0. The second-order valence-corrected chi connectivity index (χ2v) is 5.41. The van der Waals surface area contributed by atoms with Crippen molar-refractivity contribution in [1.82, 2.24) is 4.90 Å². The third kappa shape index (κ3) is 3.19. The Kier molecular flexibility index (Phi) is 5.20. The van der Waals surface area contributed by atoms with Crippen molar-refractivity contribution in [3.63, 3.8) is 0 Å². The van der Waals surface area contributed by atoms with Crippen molar-refractivity contribution in [2.24, 2.45) is 0 Å². The summed E-state index contributed by atoms with van der Waals surface area (Å²) in [4.78, 5) is 2.25. The van der Waals surface area contributed by atoms with E-state index < -0.39 is 0 Å². The summed E-state index contributed by atoms with van der Waals surface area (Å²) in [5, 5.41) is 8.15. The Balaban J connectivity index is 2.92. The molecule has 1 rings (SSSR count). The van der Waals surface area contributed by atoms with Crippen LogP contribution >= 0.6 is 0 Å². The summed E-state index contributed by atoms with van der Waals surface area (Å²) in [5.74, 6) is 0.602. The molecule has 0 aromatic rings. The molecule has 4 heteroatoms. The normalized spacial score (nSPS) is 28.3. The van der Waals surface area contributed by atoms with Crippen LogP contribution in [0.3, 0.4) is 0 Å². The number of nitrogens with one attached hydrogen (secondary N) is 1. The van der Waals surface area contributed by atoms with Crippen LogP contribution in [-0.2, 0) is 0 Å².